The van der Waals surface area contributed by atoms with Gasteiger partial charge in [0, 0.05) is 11.4 Å². The summed E-state index contributed by atoms with van der Waals surface area (Å²) in [5.74, 6) is 0.762. The summed E-state index contributed by atoms with van der Waals surface area (Å²) >= 11 is 1.55. The zero-order valence-corrected chi connectivity index (χ0v) is 12.5. The van der Waals surface area contributed by atoms with Crippen LogP contribution in [0.4, 0.5) is 0 Å². The van der Waals surface area contributed by atoms with Crippen LogP contribution < -0.4 is 10.5 Å². The van der Waals surface area contributed by atoms with E-state index in [9.17, 15) is 0 Å². The first-order valence-corrected chi connectivity index (χ1v) is 7.98. The average molecular weight is 295 g/mol. The van der Waals surface area contributed by atoms with Gasteiger partial charge in [-0.05, 0) is 44.3 Å². The number of hydrogen-bond donors (Lipinski definition) is 2. The van der Waals surface area contributed by atoms with Gasteiger partial charge in [0.2, 0.25) is 0 Å². The fourth-order valence-electron chi connectivity index (χ4n) is 2.39. The van der Waals surface area contributed by atoms with Crippen molar-refractivity contribution in [3.8, 4) is 5.75 Å². The molecule has 5 nitrogen and oxygen atoms in total. The third-order valence-electron chi connectivity index (χ3n) is 3.44. The van der Waals surface area contributed by atoms with E-state index in [2.05, 4.69) is 10.1 Å². The Hall–Kier alpha value is -1.40. The Morgan fingerprint density at radius 3 is 2.85 bits per heavy atom. The third-order valence-corrected chi connectivity index (χ3v) is 4.22. The van der Waals surface area contributed by atoms with E-state index < -0.39 is 0 Å². The highest BCUT2D eigenvalue weighted by molar-refractivity contribution is 7.98. The molecule has 0 bridgehead atoms. The number of likely N-dealkylation sites (tertiary alicyclic amines) is 1. The summed E-state index contributed by atoms with van der Waals surface area (Å²) in [6.45, 7) is 3.84. The fourth-order valence-corrected chi connectivity index (χ4v) is 3.02. The lowest BCUT2D eigenvalue weighted by molar-refractivity contribution is 0.237. The molecule has 20 heavy (non-hydrogen) atoms. The molecule has 1 aliphatic heterocycles. The first-order valence-electron chi connectivity index (χ1n) is 6.76. The number of nitrogens with two attached hydrogens (primary N) is 1. The second-order valence-corrected chi connectivity index (χ2v) is 5.56. The Balaban J connectivity index is 2.05. The quantitative estimate of drug-likeness (QED) is 0.276. The zero-order valence-electron chi connectivity index (χ0n) is 11.7. The number of hydrogen-bond acceptors (Lipinski definition) is 5. The van der Waals surface area contributed by atoms with Crippen molar-refractivity contribution in [2.75, 3.05) is 32.5 Å². The van der Waals surface area contributed by atoms with Gasteiger partial charge in [0.25, 0.3) is 0 Å². The Labute approximate surface area is 123 Å². The van der Waals surface area contributed by atoms with Crippen LogP contribution in [0.1, 0.15) is 18.4 Å². The summed E-state index contributed by atoms with van der Waals surface area (Å²) in [6, 6.07) is 5.72. The highest BCUT2D eigenvalue weighted by Crippen LogP contribution is 2.28. The van der Waals surface area contributed by atoms with Gasteiger partial charge in [0.15, 0.2) is 5.84 Å². The van der Waals surface area contributed by atoms with Crippen molar-refractivity contribution in [2.24, 2.45) is 10.9 Å². The van der Waals surface area contributed by atoms with Crippen LogP contribution in [-0.2, 0) is 0 Å². The van der Waals surface area contributed by atoms with Crippen LogP contribution in [-0.4, -0.2) is 48.4 Å². The Bertz CT molecular complexity index is 473. The Kier molecular flexibility index (Phi) is 5.55. The number of benzene rings is 1. The molecule has 1 aromatic rings. The van der Waals surface area contributed by atoms with Crippen molar-refractivity contribution in [1.29, 1.82) is 0 Å². The molecule has 0 amide bonds. The molecule has 1 aliphatic rings. The SMILES string of the molecule is CSc1cccc(OCCN2CCCC2)c1/C(N)=N/O. The molecule has 1 heterocycles. The first-order chi connectivity index (χ1) is 9.76. The van der Waals surface area contributed by atoms with Crippen molar-refractivity contribution >= 4 is 17.6 Å². The van der Waals surface area contributed by atoms with E-state index >= 15 is 0 Å². The van der Waals surface area contributed by atoms with Gasteiger partial charge in [0.1, 0.15) is 12.4 Å². The van der Waals surface area contributed by atoms with Gasteiger partial charge in [0.05, 0.1) is 5.56 Å². The molecule has 0 aromatic heterocycles. The molecular formula is C14H21N3O2S. The lowest BCUT2D eigenvalue weighted by Gasteiger charge is -2.17. The Morgan fingerprint density at radius 1 is 1.45 bits per heavy atom. The Morgan fingerprint density at radius 2 is 2.20 bits per heavy atom. The molecule has 1 saturated heterocycles. The predicted molar refractivity (Wildman–Crippen MR) is 81.9 cm³/mol. The normalized spacial score (nSPS) is 16.6. The molecule has 0 unspecified atom stereocenters. The number of rotatable bonds is 6. The van der Waals surface area contributed by atoms with E-state index in [-0.39, 0.29) is 5.84 Å². The number of ether oxygens (including phenoxy) is 1. The number of thioether (sulfide) groups is 1. The smallest absolute Gasteiger partial charge is 0.174 e. The molecule has 2 rings (SSSR count). The van der Waals surface area contributed by atoms with Gasteiger partial charge >= 0.3 is 0 Å². The van der Waals surface area contributed by atoms with E-state index in [1.807, 2.05) is 24.5 Å². The van der Waals surface area contributed by atoms with Crippen molar-refractivity contribution in [2.45, 2.75) is 17.7 Å². The molecule has 0 saturated carbocycles. The summed E-state index contributed by atoms with van der Waals surface area (Å²) in [5, 5.41) is 12.0. The minimum Gasteiger partial charge on any atom is -0.491 e. The van der Waals surface area contributed by atoms with Gasteiger partial charge in [-0.3, -0.25) is 4.90 Å². The van der Waals surface area contributed by atoms with E-state index in [0.717, 1.165) is 24.5 Å². The monoisotopic (exact) mass is 295 g/mol. The van der Waals surface area contributed by atoms with E-state index in [1.54, 1.807) is 11.8 Å². The van der Waals surface area contributed by atoms with Crippen molar-refractivity contribution in [1.82, 2.24) is 4.90 Å². The highest BCUT2D eigenvalue weighted by atomic mass is 32.2. The molecule has 110 valence electrons. The maximum atomic E-state index is 8.92. The van der Waals surface area contributed by atoms with Crippen molar-refractivity contribution < 1.29 is 9.94 Å². The summed E-state index contributed by atoms with van der Waals surface area (Å²) in [6.07, 6.45) is 4.51. The maximum absolute atomic E-state index is 8.92. The van der Waals surface area contributed by atoms with Crippen LogP contribution in [0.15, 0.2) is 28.3 Å². The largest absolute Gasteiger partial charge is 0.491 e. The highest BCUT2D eigenvalue weighted by Gasteiger charge is 2.15. The van der Waals surface area contributed by atoms with Gasteiger partial charge < -0.3 is 15.7 Å². The standard InChI is InChI=1S/C14H21N3O2S/c1-20-12-6-4-5-11(13(12)14(15)16-18)19-10-9-17-7-2-3-8-17/h4-6,18H,2-3,7-10H2,1H3,(H2,15,16). The molecule has 1 fully saturated rings. The summed E-state index contributed by atoms with van der Waals surface area (Å²) in [7, 11) is 0. The molecule has 0 spiro atoms. The molecule has 6 heteroatoms. The van der Waals surface area contributed by atoms with E-state index in [0.29, 0.717) is 17.9 Å². The summed E-state index contributed by atoms with van der Waals surface area (Å²) in [5.41, 5.74) is 6.43. The maximum Gasteiger partial charge on any atom is 0.174 e. The molecule has 0 aliphatic carbocycles. The predicted octanol–water partition coefficient (Wildman–Crippen LogP) is 1.98. The molecule has 0 atom stereocenters. The van der Waals surface area contributed by atoms with E-state index in [4.69, 9.17) is 15.7 Å². The molecular weight excluding hydrogens is 274 g/mol. The second-order valence-electron chi connectivity index (χ2n) is 4.72. The topological polar surface area (TPSA) is 71.1 Å². The van der Waals surface area contributed by atoms with Gasteiger partial charge in [-0.25, -0.2) is 0 Å². The minimum absolute atomic E-state index is 0.0890. The lowest BCUT2D eigenvalue weighted by Crippen LogP contribution is -2.25. The average Bonchev–Trinajstić information content (AvgIpc) is 2.99. The van der Waals surface area contributed by atoms with Gasteiger partial charge in [-0.1, -0.05) is 11.2 Å². The fraction of sp³-hybridized carbons (Fsp3) is 0.500. The van der Waals surface area contributed by atoms with Gasteiger partial charge in [-0.2, -0.15) is 0 Å². The van der Waals surface area contributed by atoms with Crippen molar-refractivity contribution in [3.63, 3.8) is 0 Å². The molecule has 0 radical (unpaired) electrons. The summed E-state index contributed by atoms with van der Waals surface area (Å²) < 4.78 is 5.84. The van der Waals surface area contributed by atoms with Crippen molar-refractivity contribution in [3.05, 3.63) is 23.8 Å². The zero-order chi connectivity index (χ0) is 14.4. The second kappa shape index (κ2) is 7.40. The van der Waals surface area contributed by atoms with Crippen LogP contribution in [0.3, 0.4) is 0 Å². The van der Waals surface area contributed by atoms with Crippen LogP contribution in [0.25, 0.3) is 0 Å². The number of oxime groups is 1. The van der Waals surface area contributed by atoms with Gasteiger partial charge in [-0.15, -0.1) is 11.8 Å². The van der Waals surface area contributed by atoms with E-state index in [1.165, 1.54) is 12.8 Å². The first kappa shape index (κ1) is 15.0. The van der Waals surface area contributed by atoms with Crippen LogP contribution in [0, 0.1) is 0 Å². The lowest BCUT2D eigenvalue weighted by atomic mass is 10.2. The number of nitrogens with zero attached hydrogens (tertiary/aromatic N) is 2. The van der Waals surface area contributed by atoms with Crippen LogP contribution >= 0.6 is 11.8 Å². The third kappa shape index (κ3) is 3.58. The van der Waals surface area contributed by atoms with Crippen LogP contribution in [0.5, 0.6) is 5.75 Å². The minimum atomic E-state index is 0.0890. The number of amidine groups is 1. The molecule has 3 N–H and O–H groups in total. The molecule has 1 aromatic carbocycles. The van der Waals surface area contributed by atoms with Crippen LogP contribution in [0.2, 0.25) is 0 Å². The summed E-state index contributed by atoms with van der Waals surface area (Å²) in [4.78, 5) is 3.33.